The van der Waals surface area contributed by atoms with Gasteiger partial charge in [0.1, 0.15) is 0 Å². The van der Waals surface area contributed by atoms with Gasteiger partial charge in [0, 0.05) is 13.1 Å². The van der Waals surface area contributed by atoms with Gasteiger partial charge in [0.25, 0.3) is 0 Å². The van der Waals surface area contributed by atoms with Crippen molar-refractivity contribution >= 4 is 18.3 Å². The van der Waals surface area contributed by atoms with Crippen LogP contribution in [0.3, 0.4) is 0 Å². The number of hydrogen-bond acceptors (Lipinski definition) is 2. The van der Waals surface area contributed by atoms with Crippen LogP contribution in [0.1, 0.15) is 30.4 Å². The van der Waals surface area contributed by atoms with Gasteiger partial charge < -0.3 is 10.2 Å². The summed E-state index contributed by atoms with van der Waals surface area (Å²) in [4.78, 5) is 14.3. The van der Waals surface area contributed by atoms with Crippen LogP contribution in [-0.2, 0) is 17.9 Å². The standard InChI is InChI=1S/C14H18N2O.ClH/c17-14(13-7-3-4-8-15-13)16-9-11-5-1-2-6-12(11)10-16;/h1-2,5-6,13,15H,3-4,7-10H2;1H. The first-order chi connectivity index (χ1) is 8.34. The average Bonchev–Trinajstić information content (AvgIpc) is 2.82. The SMILES string of the molecule is Cl.O=C(C1CCCCN1)N1Cc2ccccc2C1. The highest BCUT2D eigenvalue weighted by atomic mass is 35.5. The Morgan fingerprint density at radius 3 is 2.39 bits per heavy atom. The highest BCUT2D eigenvalue weighted by Gasteiger charge is 2.29. The number of rotatable bonds is 1. The molecule has 1 saturated heterocycles. The number of hydrogen-bond donors (Lipinski definition) is 1. The van der Waals surface area contributed by atoms with E-state index >= 15 is 0 Å². The summed E-state index contributed by atoms with van der Waals surface area (Å²) in [6, 6.07) is 8.39. The molecular weight excluding hydrogens is 248 g/mol. The number of nitrogens with zero attached hydrogens (tertiary/aromatic N) is 1. The van der Waals surface area contributed by atoms with E-state index in [0.717, 1.165) is 26.1 Å². The fourth-order valence-corrected chi connectivity index (χ4v) is 2.77. The smallest absolute Gasteiger partial charge is 0.240 e. The van der Waals surface area contributed by atoms with E-state index in [-0.39, 0.29) is 24.4 Å². The molecule has 0 spiro atoms. The third-order valence-corrected chi connectivity index (χ3v) is 3.76. The molecule has 1 atom stereocenters. The molecule has 1 aromatic rings. The number of nitrogens with one attached hydrogen (secondary N) is 1. The normalized spacial score (nSPS) is 22.2. The summed E-state index contributed by atoms with van der Waals surface area (Å²) >= 11 is 0. The molecule has 0 aromatic heterocycles. The lowest BCUT2D eigenvalue weighted by Gasteiger charge is -2.27. The van der Waals surface area contributed by atoms with Gasteiger partial charge in [-0.3, -0.25) is 4.79 Å². The zero-order valence-electron chi connectivity index (χ0n) is 10.4. The Kier molecular flexibility index (Phi) is 4.25. The molecule has 1 aromatic carbocycles. The molecule has 0 radical (unpaired) electrons. The summed E-state index contributed by atoms with van der Waals surface area (Å²) in [5, 5.41) is 3.33. The minimum atomic E-state index is 0. The topological polar surface area (TPSA) is 32.3 Å². The van der Waals surface area contributed by atoms with Gasteiger partial charge in [0.2, 0.25) is 5.91 Å². The number of carbonyl (C=O) groups excluding carboxylic acids is 1. The minimum absolute atomic E-state index is 0. The van der Waals surface area contributed by atoms with Crippen molar-refractivity contribution in [2.24, 2.45) is 0 Å². The Balaban J connectivity index is 0.00000120. The summed E-state index contributed by atoms with van der Waals surface area (Å²) in [6.07, 6.45) is 3.36. The lowest BCUT2D eigenvalue weighted by atomic mass is 10.0. The van der Waals surface area contributed by atoms with Crippen LogP contribution in [0, 0.1) is 0 Å². The molecule has 0 aliphatic carbocycles. The van der Waals surface area contributed by atoms with Crippen LogP contribution in [0.2, 0.25) is 0 Å². The number of piperidine rings is 1. The van der Waals surface area contributed by atoms with Crippen molar-refractivity contribution in [3.8, 4) is 0 Å². The molecule has 2 heterocycles. The lowest BCUT2D eigenvalue weighted by molar-refractivity contribution is -0.134. The van der Waals surface area contributed by atoms with Crippen LogP contribution >= 0.6 is 12.4 Å². The van der Waals surface area contributed by atoms with Gasteiger partial charge in [-0.15, -0.1) is 12.4 Å². The number of halogens is 1. The zero-order valence-corrected chi connectivity index (χ0v) is 11.2. The maximum atomic E-state index is 12.3. The third-order valence-electron chi connectivity index (χ3n) is 3.76. The van der Waals surface area contributed by atoms with Crippen molar-refractivity contribution in [3.05, 3.63) is 35.4 Å². The first kappa shape index (κ1) is 13.4. The van der Waals surface area contributed by atoms with Gasteiger partial charge >= 0.3 is 0 Å². The summed E-state index contributed by atoms with van der Waals surface area (Å²) in [7, 11) is 0. The van der Waals surface area contributed by atoms with Crippen LogP contribution in [-0.4, -0.2) is 23.4 Å². The molecule has 1 fully saturated rings. The van der Waals surface area contributed by atoms with E-state index in [1.807, 2.05) is 17.0 Å². The van der Waals surface area contributed by atoms with Crippen molar-refractivity contribution in [2.75, 3.05) is 6.54 Å². The fourth-order valence-electron chi connectivity index (χ4n) is 2.77. The van der Waals surface area contributed by atoms with E-state index in [4.69, 9.17) is 0 Å². The Hall–Kier alpha value is -1.06. The van der Waals surface area contributed by atoms with Crippen molar-refractivity contribution in [2.45, 2.75) is 38.4 Å². The maximum Gasteiger partial charge on any atom is 0.240 e. The molecule has 1 unspecified atom stereocenters. The molecule has 0 saturated carbocycles. The van der Waals surface area contributed by atoms with E-state index in [0.29, 0.717) is 0 Å². The zero-order chi connectivity index (χ0) is 11.7. The van der Waals surface area contributed by atoms with E-state index < -0.39 is 0 Å². The van der Waals surface area contributed by atoms with Crippen LogP contribution in [0.25, 0.3) is 0 Å². The second kappa shape index (κ2) is 5.72. The molecule has 1 amide bonds. The molecule has 2 aliphatic heterocycles. The van der Waals surface area contributed by atoms with E-state index in [1.165, 1.54) is 24.0 Å². The van der Waals surface area contributed by atoms with Gasteiger partial charge in [0.05, 0.1) is 6.04 Å². The van der Waals surface area contributed by atoms with Gasteiger partial charge in [-0.25, -0.2) is 0 Å². The first-order valence-electron chi connectivity index (χ1n) is 6.43. The van der Waals surface area contributed by atoms with Crippen LogP contribution in [0.4, 0.5) is 0 Å². The van der Waals surface area contributed by atoms with E-state index in [2.05, 4.69) is 17.4 Å². The summed E-state index contributed by atoms with van der Waals surface area (Å²) < 4.78 is 0. The van der Waals surface area contributed by atoms with Crippen molar-refractivity contribution < 1.29 is 4.79 Å². The second-order valence-corrected chi connectivity index (χ2v) is 4.97. The van der Waals surface area contributed by atoms with Gasteiger partial charge in [-0.05, 0) is 30.5 Å². The molecular formula is C14H19ClN2O. The largest absolute Gasteiger partial charge is 0.333 e. The van der Waals surface area contributed by atoms with Gasteiger partial charge in [0.15, 0.2) is 0 Å². The van der Waals surface area contributed by atoms with E-state index in [1.54, 1.807) is 0 Å². The Morgan fingerprint density at radius 2 is 1.83 bits per heavy atom. The molecule has 1 N–H and O–H groups in total. The predicted octanol–water partition coefficient (Wildman–Crippen LogP) is 2.09. The number of amides is 1. The highest BCUT2D eigenvalue weighted by molar-refractivity contribution is 5.85. The molecule has 3 nitrogen and oxygen atoms in total. The number of carbonyl (C=O) groups is 1. The Labute approximate surface area is 114 Å². The number of benzene rings is 1. The average molecular weight is 267 g/mol. The van der Waals surface area contributed by atoms with Crippen molar-refractivity contribution in [3.63, 3.8) is 0 Å². The number of fused-ring (bicyclic) bond motifs is 1. The molecule has 0 bridgehead atoms. The van der Waals surface area contributed by atoms with Crippen LogP contribution < -0.4 is 5.32 Å². The summed E-state index contributed by atoms with van der Waals surface area (Å²) in [5.74, 6) is 0.279. The maximum absolute atomic E-state index is 12.3. The monoisotopic (exact) mass is 266 g/mol. The Morgan fingerprint density at radius 1 is 1.17 bits per heavy atom. The van der Waals surface area contributed by atoms with E-state index in [9.17, 15) is 4.79 Å². The second-order valence-electron chi connectivity index (χ2n) is 4.97. The van der Waals surface area contributed by atoms with Gasteiger partial charge in [-0.2, -0.15) is 0 Å². The Bertz CT molecular complexity index is 405. The first-order valence-corrected chi connectivity index (χ1v) is 6.43. The highest BCUT2D eigenvalue weighted by Crippen LogP contribution is 2.23. The minimum Gasteiger partial charge on any atom is -0.333 e. The van der Waals surface area contributed by atoms with Crippen LogP contribution in [0.15, 0.2) is 24.3 Å². The van der Waals surface area contributed by atoms with Gasteiger partial charge in [-0.1, -0.05) is 30.7 Å². The molecule has 18 heavy (non-hydrogen) atoms. The van der Waals surface area contributed by atoms with Crippen molar-refractivity contribution in [1.82, 2.24) is 10.2 Å². The predicted molar refractivity (Wildman–Crippen MR) is 73.6 cm³/mol. The molecule has 4 heteroatoms. The lowest BCUT2D eigenvalue weighted by Crippen LogP contribution is -2.46. The fraction of sp³-hybridized carbons (Fsp3) is 0.500. The summed E-state index contributed by atoms with van der Waals surface area (Å²) in [5.41, 5.74) is 2.60. The van der Waals surface area contributed by atoms with Crippen molar-refractivity contribution in [1.29, 1.82) is 0 Å². The molecule has 98 valence electrons. The third kappa shape index (κ3) is 2.52. The summed E-state index contributed by atoms with van der Waals surface area (Å²) in [6.45, 7) is 2.55. The van der Waals surface area contributed by atoms with Crippen LogP contribution in [0.5, 0.6) is 0 Å². The quantitative estimate of drug-likeness (QED) is 0.844. The molecule has 3 rings (SSSR count). The molecule has 2 aliphatic rings.